The van der Waals surface area contributed by atoms with Crippen molar-refractivity contribution < 1.29 is 4.74 Å². The van der Waals surface area contributed by atoms with Gasteiger partial charge in [-0.25, -0.2) is 0 Å². The van der Waals surface area contributed by atoms with Gasteiger partial charge in [0.15, 0.2) is 0 Å². The normalized spacial score (nSPS) is 10.4. The molecular formula is C15H16BrNOS. The molecule has 0 heterocycles. The number of ether oxygens (including phenoxy) is 1. The first-order chi connectivity index (χ1) is 9.15. The molecule has 100 valence electrons. The van der Waals surface area contributed by atoms with E-state index in [0.717, 1.165) is 26.6 Å². The van der Waals surface area contributed by atoms with E-state index in [4.69, 9.17) is 10.5 Å². The lowest BCUT2D eigenvalue weighted by atomic mass is 10.2. The molecule has 0 saturated carbocycles. The Balaban J connectivity index is 1.80. The molecule has 0 atom stereocenters. The van der Waals surface area contributed by atoms with Crippen LogP contribution >= 0.6 is 27.7 Å². The molecule has 2 nitrogen and oxygen atoms in total. The number of hydrogen-bond donors (Lipinski definition) is 1. The molecule has 0 spiro atoms. The van der Waals surface area contributed by atoms with Crippen molar-refractivity contribution in [3.8, 4) is 5.75 Å². The fourth-order valence-electron chi connectivity index (χ4n) is 1.61. The fraction of sp³-hybridized carbons (Fsp3) is 0.200. The lowest BCUT2D eigenvalue weighted by Gasteiger charge is -2.08. The quantitative estimate of drug-likeness (QED) is 0.495. The van der Waals surface area contributed by atoms with Gasteiger partial charge in [-0.15, -0.1) is 11.8 Å². The maximum Gasteiger partial charge on any atom is 0.119 e. The third-order valence-corrected chi connectivity index (χ3v) is 4.16. The summed E-state index contributed by atoms with van der Waals surface area (Å²) in [6.45, 7) is 2.74. The first-order valence-electron chi connectivity index (χ1n) is 6.02. The van der Waals surface area contributed by atoms with Crippen LogP contribution in [0.5, 0.6) is 5.75 Å². The van der Waals surface area contributed by atoms with E-state index in [1.165, 1.54) is 5.56 Å². The zero-order valence-electron chi connectivity index (χ0n) is 10.7. The second-order valence-electron chi connectivity index (χ2n) is 4.19. The fourth-order valence-corrected chi connectivity index (χ4v) is 2.76. The largest absolute Gasteiger partial charge is 0.493 e. The first kappa shape index (κ1) is 14.3. The molecule has 0 aliphatic carbocycles. The van der Waals surface area contributed by atoms with Crippen molar-refractivity contribution >= 4 is 33.4 Å². The smallest absolute Gasteiger partial charge is 0.119 e. The summed E-state index contributed by atoms with van der Waals surface area (Å²) in [5, 5.41) is 0. The number of nitrogen functional groups attached to an aromatic ring is 1. The minimum Gasteiger partial charge on any atom is -0.493 e. The number of rotatable bonds is 5. The van der Waals surface area contributed by atoms with Gasteiger partial charge in [0.25, 0.3) is 0 Å². The third kappa shape index (κ3) is 4.48. The number of thioether (sulfide) groups is 1. The second kappa shape index (κ2) is 6.87. The topological polar surface area (TPSA) is 35.2 Å². The van der Waals surface area contributed by atoms with Crippen molar-refractivity contribution in [1.29, 1.82) is 0 Å². The van der Waals surface area contributed by atoms with E-state index >= 15 is 0 Å². The molecule has 0 amide bonds. The molecule has 0 saturated heterocycles. The molecule has 19 heavy (non-hydrogen) atoms. The van der Waals surface area contributed by atoms with Crippen LogP contribution in [0.2, 0.25) is 0 Å². The van der Waals surface area contributed by atoms with E-state index in [1.807, 2.05) is 36.4 Å². The molecular weight excluding hydrogens is 322 g/mol. The number of aryl methyl sites for hydroxylation is 1. The van der Waals surface area contributed by atoms with Gasteiger partial charge in [0.1, 0.15) is 5.75 Å². The van der Waals surface area contributed by atoms with Gasteiger partial charge < -0.3 is 10.5 Å². The van der Waals surface area contributed by atoms with Gasteiger partial charge in [-0.3, -0.25) is 0 Å². The molecule has 0 fully saturated rings. The first-order valence-corrected chi connectivity index (χ1v) is 7.80. The number of anilines is 1. The van der Waals surface area contributed by atoms with Crippen LogP contribution in [0, 0.1) is 6.92 Å². The van der Waals surface area contributed by atoms with E-state index in [9.17, 15) is 0 Å². The molecule has 0 unspecified atom stereocenters. The van der Waals surface area contributed by atoms with Gasteiger partial charge >= 0.3 is 0 Å². The molecule has 2 aromatic rings. The average Bonchev–Trinajstić information content (AvgIpc) is 2.40. The summed E-state index contributed by atoms with van der Waals surface area (Å²) in [7, 11) is 0. The summed E-state index contributed by atoms with van der Waals surface area (Å²) in [5.74, 6) is 1.77. The van der Waals surface area contributed by atoms with Gasteiger partial charge in [0, 0.05) is 20.8 Å². The number of hydrogen-bond acceptors (Lipinski definition) is 3. The van der Waals surface area contributed by atoms with Crippen LogP contribution < -0.4 is 10.5 Å². The number of nitrogens with two attached hydrogens (primary N) is 1. The third-order valence-electron chi connectivity index (χ3n) is 2.59. The zero-order chi connectivity index (χ0) is 13.7. The molecule has 0 bridgehead atoms. The maximum atomic E-state index is 5.93. The summed E-state index contributed by atoms with van der Waals surface area (Å²) >= 11 is 5.12. The van der Waals surface area contributed by atoms with Crippen molar-refractivity contribution in [3.63, 3.8) is 0 Å². The minimum absolute atomic E-state index is 0.666. The van der Waals surface area contributed by atoms with Gasteiger partial charge in [-0.2, -0.15) is 0 Å². The highest BCUT2D eigenvalue weighted by atomic mass is 79.9. The maximum absolute atomic E-state index is 5.93. The standard InChI is InChI=1S/C15H16BrNOS/c1-11-2-7-14(17)15(10-11)19-9-8-18-13-5-3-12(16)4-6-13/h2-7,10H,8-9,17H2,1H3. The Morgan fingerprint density at radius 1 is 1.16 bits per heavy atom. The average molecular weight is 338 g/mol. The monoisotopic (exact) mass is 337 g/mol. The Bertz CT molecular complexity index is 542. The summed E-state index contributed by atoms with van der Waals surface area (Å²) < 4.78 is 6.73. The van der Waals surface area contributed by atoms with E-state index in [2.05, 4.69) is 28.9 Å². The lowest BCUT2D eigenvalue weighted by molar-refractivity contribution is 0.344. The van der Waals surface area contributed by atoms with Crippen LogP contribution in [0.1, 0.15) is 5.56 Å². The Morgan fingerprint density at radius 3 is 2.63 bits per heavy atom. The van der Waals surface area contributed by atoms with E-state index in [0.29, 0.717) is 6.61 Å². The van der Waals surface area contributed by atoms with Crippen molar-refractivity contribution in [2.24, 2.45) is 0 Å². The lowest BCUT2D eigenvalue weighted by Crippen LogP contribution is -2.00. The number of halogens is 1. The highest BCUT2D eigenvalue weighted by molar-refractivity contribution is 9.10. The highest BCUT2D eigenvalue weighted by Crippen LogP contribution is 2.26. The highest BCUT2D eigenvalue weighted by Gasteiger charge is 2.01. The predicted molar refractivity (Wildman–Crippen MR) is 86.0 cm³/mol. The van der Waals surface area contributed by atoms with Crippen LogP contribution in [0.3, 0.4) is 0 Å². The Hall–Kier alpha value is -1.13. The summed E-state index contributed by atoms with van der Waals surface area (Å²) in [6.07, 6.45) is 0. The van der Waals surface area contributed by atoms with Crippen molar-refractivity contribution in [1.82, 2.24) is 0 Å². The molecule has 0 radical (unpaired) electrons. The number of benzene rings is 2. The van der Waals surface area contributed by atoms with Crippen LogP contribution in [-0.2, 0) is 0 Å². The van der Waals surface area contributed by atoms with Gasteiger partial charge in [0.2, 0.25) is 0 Å². The second-order valence-corrected chi connectivity index (χ2v) is 6.24. The van der Waals surface area contributed by atoms with Crippen LogP contribution in [0.4, 0.5) is 5.69 Å². The SMILES string of the molecule is Cc1ccc(N)c(SCCOc2ccc(Br)cc2)c1. The predicted octanol–water partition coefficient (Wildman–Crippen LogP) is 4.51. The summed E-state index contributed by atoms with van der Waals surface area (Å²) in [5.41, 5.74) is 7.99. The minimum atomic E-state index is 0.666. The van der Waals surface area contributed by atoms with Crippen LogP contribution in [0.25, 0.3) is 0 Å². The van der Waals surface area contributed by atoms with E-state index in [-0.39, 0.29) is 0 Å². The van der Waals surface area contributed by atoms with E-state index in [1.54, 1.807) is 11.8 Å². The Morgan fingerprint density at radius 2 is 1.89 bits per heavy atom. The van der Waals surface area contributed by atoms with E-state index < -0.39 is 0 Å². The molecule has 2 N–H and O–H groups in total. The molecule has 0 aromatic heterocycles. The van der Waals surface area contributed by atoms with Gasteiger partial charge in [-0.1, -0.05) is 22.0 Å². The molecule has 2 rings (SSSR count). The van der Waals surface area contributed by atoms with Gasteiger partial charge in [-0.05, 0) is 48.9 Å². The molecule has 4 heteroatoms. The van der Waals surface area contributed by atoms with Crippen molar-refractivity contribution in [2.45, 2.75) is 11.8 Å². The van der Waals surface area contributed by atoms with Crippen molar-refractivity contribution in [3.05, 3.63) is 52.5 Å². The molecule has 2 aromatic carbocycles. The summed E-state index contributed by atoms with van der Waals surface area (Å²) in [4.78, 5) is 1.12. The zero-order valence-corrected chi connectivity index (χ0v) is 13.1. The van der Waals surface area contributed by atoms with Crippen LogP contribution in [-0.4, -0.2) is 12.4 Å². The Kier molecular flexibility index (Phi) is 5.16. The van der Waals surface area contributed by atoms with Crippen LogP contribution in [0.15, 0.2) is 51.8 Å². The molecule has 0 aliphatic heterocycles. The van der Waals surface area contributed by atoms with Crippen molar-refractivity contribution in [2.75, 3.05) is 18.1 Å². The Labute approximate surface area is 126 Å². The molecule has 0 aliphatic rings. The summed E-state index contributed by atoms with van der Waals surface area (Å²) in [6, 6.07) is 13.9. The van der Waals surface area contributed by atoms with Gasteiger partial charge in [0.05, 0.1) is 6.61 Å².